The Morgan fingerprint density at radius 1 is 1.73 bits per heavy atom. The molecule has 0 bridgehead atoms. The fourth-order valence-corrected chi connectivity index (χ4v) is 1.20. The predicted molar refractivity (Wildman–Crippen MR) is 35.7 cm³/mol. The SMILES string of the molecule is [CH2-]C(=O)N1CCC[C@H]1C#N.[Y]. The molecule has 0 aromatic carbocycles. The van der Waals surface area contributed by atoms with E-state index in [4.69, 9.17) is 5.26 Å². The zero-order valence-electron chi connectivity index (χ0n) is 6.29. The molecule has 1 atom stereocenters. The summed E-state index contributed by atoms with van der Waals surface area (Å²) in [6.45, 7) is 3.95. The molecule has 0 spiro atoms. The normalized spacial score (nSPS) is 22.1. The van der Waals surface area contributed by atoms with Crippen LogP contribution >= 0.6 is 0 Å². The van der Waals surface area contributed by atoms with Crippen LogP contribution in [-0.2, 0) is 37.5 Å². The van der Waals surface area contributed by atoms with Gasteiger partial charge in [0.1, 0.15) is 6.04 Å². The summed E-state index contributed by atoms with van der Waals surface area (Å²) < 4.78 is 0. The molecule has 1 radical (unpaired) electrons. The first-order valence-corrected chi connectivity index (χ1v) is 3.28. The second-order valence-corrected chi connectivity index (χ2v) is 2.37. The monoisotopic (exact) mass is 226 g/mol. The summed E-state index contributed by atoms with van der Waals surface area (Å²) in [6, 6.07) is 1.84. The Kier molecular flexibility index (Phi) is 4.71. The van der Waals surface area contributed by atoms with Crippen molar-refractivity contribution in [2.75, 3.05) is 6.54 Å². The van der Waals surface area contributed by atoms with Crippen molar-refractivity contribution >= 4 is 5.91 Å². The number of rotatable bonds is 0. The van der Waals surface area contributed by atoms with Gasteiger partial charge in [-0.1, -0.05) is 0 Å². The van der Waals surface area contributed by atoms with E-state index >= 15 is 0 Å². The van der Waals surface area contributed by atoms with E-state index in [2.05, 4.69) is 13.0 Å². The maximum atomic E-state index is 10.7. The Morgan fingerprint density at radius 2 is 2.36 bits per heavy atom. The van der Waals surface area contributed by atoms with Crippen molar-refractivity contribution in [3.63, 3.8) is 0 Å². The Bertz CT molecular complexity index is 187. The van der Waals surface area contributed by atoms with Crippen LogP contribution in [-0.4, -0.2) is 23.4 Å². The van der Waals surface area contributed by atoms with Crippen LogP contribution < -0.4 is 0 Å². The van der Waals surface area contributed by atoms with E-state index in [-0.39, 0.29) is 44.7 Å². The largest absolute Gasteiger partial charge is 0.352 e. The van der Waals surface area contributed by atoms with E-state index in [0.29, 0.717) is 6.54 Å². The van der Waals surface area contributed by atoms with E-state index in [0.717, 1.165) is 12.8 Å². The van der Waals surface area contributed by atoms with Crippen LogP contribution in [0.4, 0.5) is 0 Å². The van der Waals surface area contributed by atoms with Crippen molar-refractivity contribution in [1.29, 1.82) is 5.26 Å². The third-order valence-corrected chi connectivity index (χ3v) is 1.72. The van der Waals surface area contributed by atoms with Crippen molar-refractivity contribution in [1.82, 2.24) is 4.90 Å². The molecular weight excluding hydrogens is 217 g/mol. The van der Waals surface area contributed by atoms with Gasteiger partial charge in [-0.2, -0.15) is 5.26 Å². The molecule has 1 rings (SSSR count). The maximum Gasteiger partial charge on any atom is 0.117 e. The molecule has 1 saturated heterocycles. The minimum atomic E-state index is -0.232. The molecule has 1 heterocycles. The molecule has 57 valence electrons. The summed E-state index contributed by atoms with van der Waals surface area (Å²) >= 11 is 0. The zero-order valence-corrected chi connectivity index (χ0v) is 9.12. The molecule has 4 heteroatoms. The molecule has 0 N–H and O–H groups in total. The van der Waals surface area contributed by atoms with Crippen LogP contribution in [0, 0.1) is 18.3 Å². The van der Waals surface area contributed by atoms with Crippen molar-refractivity contribution in [3.05, 3.63) is 6.92 Å². The standard InChI is InChI=1S/C7H9N2O.Y/c1-6(10)9-4-2-3-7(9)5-8;/h7H,1-4H2;/q-1;/t7-;/m0./s1. The summed E-state index contributed by atoms with van der Waals surface area (Å²) in [4.78, 5) is 12.2. The smallest absolute Gasteiger partial charge is 0.117 e. The second kappa shape index (κ2) is 4.74. The number of hydrogen-bond acceptors (Lipinski definition) is 2. The van der Waals surface area contributed by atoms with Crippen molar-refractivity contribution < 1.29 is 37.5 Å². The number of amides is 1. The average Bonchev–Trinajstić information content (AvgIpc) is 2.33. The van der Waals surface area contributed by atoms with Gasteiger partial charge in [-0.3, -0.25) is 0 Å². The van der Waals surface area contributed by atoms with Gasteiger partial charge in [-0.15, -0.1) is 0 Å². The minimum absolute atomic E-state index is 0. The van der Waals surface area contributed by atoms with Gasteiger partial charge >= 0.3 is 0 Å². The van der Waals surface area contributed by atoms with Crippen molar-refractivity contribution in [2.24, 2.45) is 0 Å². The Balaban J connectivity index is 0.000001000. The molecule has 0 aromatic rings. The van der Waals surface area contributed by atoms with E-state index in [9.17, 15) is 4.79 Å². The summed E-state index contributed by atoms with van der Waals surface area (Å²) in [5.74, 6) is -0.232. The van der Waals surface area contributed by atoms with Crippen molar-refractivity contribution in [3.8, 4) is 6.07 Å². The van der Waals surface area contributed by atoms with E-state index in [1.165, 1.54) is 4.90 Å². The van der Waals surface area contributed by atoms with E-state index in [1.54, 1.807) is 0 Å². The fourth-order valence-electron chi connectivity index (χ4n) is 1.20. The number of hydrogen-bond donors (Lipinski definition) is 0. The summed E-state index contributed by atoms with van der Waals surface area (Å²) in [5, 5.41) is 8.51. The molecule has 1 fully saturated rings. The average molecular weight is 226 g/mol. The fraction of sp³-hybridized carbons (Fsp3) is 0.571. The molecule has 0 aromatic heterocycles. The number of likely N-dealkylation sites (tertiary alicyclic amines) is 1. The summed E-state index contributed by atoms with van der Waals surface area (Å²) in [5.41, 5.74) is 0. The van der Waals surface area contributed by atoms with Gasteiger partial charge in [0.25, 0.3) is 0 Å². The first kappa shape index (κ1) is 10.9. The molecule has 1 aliphatic heterocycles. The van der Waals surface area contributed by atoms with Crippen molar-refractivity contribution in [2.45, 2.75) is 18.9 Å². The quantitative estimate of drug-likeness (QED) is 0.559. The second-order valence-electron chi connectivity index (χ2n) is 2.37. The first-order valence-electron chi connectivity index (χ1n) is 3.28. The van der Waals surface area contributed by atoms with Crippen LogP contribution in [0.25, 0.3) is 0 Å². The molecule has 0 unspecified atom stereocenters. The third kappa shape index (κ3) is 2.46. The number of nitrogens with zero attached hydrogens (tertiary/aromatic N) is 2. The van der Waals surface area contributed by atoms with Gasteiger partial charge in [0.05, 0.1) is 12.0 Å². The Hall–Kier alpha value is -0.0661. The van der Waals surface area contributed by atoms with Gasteiger partial charge in [0.15, 0.2) is 0 Å². The van der Waals surface area contributed by atoms with Gasteiger partial charge in [0, 0.05) is 39.3 Å². The van der Waals surface area contributed by atoms with Crippen LogP contribution in [0.2, 0.25) is 0 Å². The van der Waals surface area contributed by atoms with Crippen LogP contribution in [0.3, 0.4) is 0 Å². The van der Waals surface area contributed by atoms with Crippen LogP contribution in [0.1, 0.15) is 12.8 Å². The Morgan fingerprint density at radius 3 is 2.73 bits per heavy atom. The zero-order chi connectivity index (χ0) is 7.56. The molecule has 11 heavy (non-hydrogen) atoms. The molecule has 3 nitrogen and oxygen atoms in total. The summed E-state index contributed by atoms with van der Waals surface area (Å²) in [6.07, 6.45) is 1.73. The van der Waals surface area contributed by atoms with Crippen LogP contribution in [0.15, 0.2) is 0 Å². The molecule has 1 amide bonds. The Labute approximate surface area is 91.6 Å². The molecular formula is C7H9N2OY-. The van der Waals surface area contributed by atoms with Gasteiger partial charge in [-0.25, -0.2) is 0 Å². The van der Waals surface area contributed by atoms with Gasteiger partial charge in [-0.05, 0) is 12.8 Å². The van der Waals surface area contributed by atoms with Crippen LogP contribution in [0.5, 0.6) is 0 Å². The first-order chi connectivity index (χ1) is 4.75. The molecule has 1 aliphatic rings. The van der Waals surface area contributed by atoms with Gasteiger partial charge in [0.2, 0.25) is 0 Å². The maximum absolute atomic E-state index is 10.7. The topological polar surface area (TPSA) is 44.1 Å². The number of carbonyl (C=O) groups excluding carboxylic acids is 1. The van der Waals surface area contributed by atoms with Gasteiger partial charge < -0.3 is 16.6 Å². The number of nitriles is 1. The molecule has 0 aliphatic carbocycles. The van der Waals surface area contributed by atoms with E-state index in [1.807, 2.05) is 0 Å². The number of carbonyl (C=O) groups is 1. The third-order valence-electron chi connectivity index (χ3n) is 1.72. The predicted octanol–water partition coefficient (Wildman–Crippen LogP) is 0.333. The van der Waals surface area contributed by atoms with E-state index < -0.39 is 0 Å². The molecule has 0 saturated carbocycles. The summed E-state index contributed by atoms with van der Waals surface area (Å²) in [7, 11) is 0. The minimum Gasteiger partial charge on any atom is -0.352 e.